The third-order valence-electron chi connectivity index (χ3n) is 2.60. The SMILES string of the molecule is CC(c1ccncc1)n1cccc1C(=O)O. The van der Waals surface area contributed by atoms with Gasteiger partial charge in [-0.1, -0.05) is 0 Å². The Bertz CT molecular complexity index is 491. The second-order valence-corrected chi connectivity index (χ2v) is 3.56. The average molecular weight is 216 g/mol. The van der Waals surface area contributed by atoms with Gasteiger partial charge in [0.2, 0.25) is 0 Å². The third-order valence-corrected chi connectivity index (χ3v) is 2.60. The van der Waals surface area contributed by atoms with Crippen LogP contribution in [0.2, 0.25) is 0 Å². The van der Waals surface area contributed by atoms with E-state index in [1.165, 1.54) is 0 Å². The van der Waals surface area contributed by atoms with Crippen LogP contribution in [0.3, 0.4) is 0 Å². The summed E-state index contributed by atoms with van der Waals surface area (Å²) in [4.78, 5) is 14.9. The van der Waals surface area contributed by atoms with E-state index in [2.05, 4.69) is 4.98 Å². The van der Waals surface area contributed by atoms with Crippen molar-refractivity contribution in [2.75, 3.05) is 0 Å². The summed E-state index contributed by atoms with van der Waals surface area (Å²) in [7, 11) is 0. The first-order chi connectivity index (χ1) is 7.70. The molecule has 82 valence electrons. The van der Waals surface area contributed by atoms with E-state index in [0.717, 1.165) is 5.56 Å². The molecule has 2 aromatic rings. The van der Waals surface area contributed by atoms with Crippen molar-refractivity contribution in [3.8, 4) is 0 Å². The van der Waals surface area contributed by atoms with Crippen molar-refractivity contribution in [2.45, 2.75) is 13.0 Å². The lowest BCUT2D eigenvalue weighted by Gasteiger charge is -2.15. The van der Waals surface area contributed by atoms with Crippen molar-refractivity contribution in [2.24, 2.45) is 0 Å². The van der Waals surface area contributed by atoms with Crippen molar-refractivity contribution in [1.29, 1.82) is 0 Å². The van der Waals surface area contributed by atoms with Crippen LogP contribution < -0.4 is 0 Å². The predicted octanol–water partition coefficient (Wildman–Crippen LogP) is 2.19. The summed E-state index contributed by atoms with van der Waals surface area (Å²) in [5, 5.41) is 9.02. The van der Waals surface area contributed by atoms with Gasteiger partial charge in [-0.3, -0.25) is 4.98 Å². The Labute approximate surface area is 93.2 Å². The van der Waals surface area contributed by atoms with E-state index < -0.39 is 5.97 Å². The van der Waals surface area contributed by atoms with Crippen LogP contribution in [0.1, 0.15) is 29.0 Å². The molecule has 1 N–H and O–H groups in total. The molecule has 0 amide bonds. The van der Waals surface area contributed by atoms with Crippen LogP contribution in [0.5, 0.6) is 0 Å². The highest BCUT2D eigenvalue weighted by Gasteiger charge is 2.14. The number of pyridine rings is 1. The highest BCUT2D eigenvalue weighted by molar-refractivity contribution is 5.85. The van der Waals surface area contributed by atoms with Crippen molar-refractivity contribution >= 4 is 5.97 Å². The zero-order chi connectivity index (χ0) is 11.5. The molecule has 0 aliphatic carbocycles. The number of nitrogens with zero attached hydrogens (tertiary/aromatic N) is 2. The number of carboxylic acids is 1. The number of rotatable bonds is 3. The van der Waals surface area contributed by atoms with Gasteiger partial charge in [-0.05, 0) is 36.8 Å². The molecule has 1 unspecified atom stereocenters. The Morgan fingerprint density at radius 3 is 2.69 bits per heavy atom. The van der Waals surface area contributed by atoms with Gasteiger partial charge in [0.25, 0.3) is 0 Å². The number of aromatic nitrogens is 2. The second-order valence-electron chi connectivity index (χ2n) is 3.56. The van der Waals surface area contributed by atoms with Gasteiger partial charge in [0, 0.05) is 18.6 Å². The number of hydrogen-bond donors (Lipinski definition) is 1. The van der Waals surface area contributed by atoms with Crippen LogP contribution >= 0.6 is 0 Å². The molecule has 0 spiro atoms. The van der Waals surface area contributed by atoms with E-state index in [-0.39, 0.29) is 6.04 Å². The highest BCUT2D eigenvalue weighted by atomic mass is 16.4. The summed E-state index contributed by atoms with van der Waals surface area (Å²) in [6.07, 6.45) is 5.18. The smallest absolute Gasteiger partial charge is 0.352 e. The largest absolute Gasteiger partial charge is 0.477 e. The predicted molar refractivity (Wildman–Crippen MR) is 59.4 cm³/mol. The van der Waals surface area contributed by atoms with Crippen LogP contribution in [0, 0.1) is 0 Å². The molecule has 0 aromatic carbocycles. The van der Waals surface area contributed by atoms with E-state index in [4.69, 9.17) is 5.11 Å². The molecule has 1 atom stereocenters. The van der Waals surface area contributed by atoms with Gasteiger partial charge in [0.15, 0.2) is 0 Å². The molecule has 0 saturated carbocycles. The number of carbonyl (C=O) groups is 1. The summed E-state index contributed by atoms with van der Waals surface area (Å²) in [6.45, 7) is 1.96. The summed E-state index contributed by atoms with van der Waals surface area (Å²) in [5.41, 5.74) is 1.33. The molecular weight excluding hydrogens is 204 g/mol. The fourth-order valence-electron chi connectivity index (χ4n) is 1.72. The van der Waals surface area contributed by atoms with Gasteiger partial charge in [0.05, 0.1) is 6.04 Å². The first-order valence-corrected chi connectivity index (χ1v) is 5.00. The monoisotopic (exact) mass is 216 g/mol. The van der Waals surface area contributed by atoms with Gasteiger partial charge in [-0.25, -0.2) is 4.79 Å². The minimum Gasteiger partial charge on any atom is -0.477 e. The topological polar surface area (TPSA) is 55.1 Å². The highest BCUT2D eigenvalue weighted by Crippen LogP contribution is 2.19. The molecule has 0 aliphatic heterocycles. The van der Waals surface area contributed by atoms with Crippen molar-refractivity contribution < 1.29 is 9.90 Å². The van der Waals surface area contributed by atoms with Crippen molar-refractivity contribution in [3.63, 3.8) is 0 Å². The van der Waals surface area contributed by atoms with Crippen molar-refractivity contribution in [1.82, 2.24) is 9.55 Å². The summed E-state index contributed by atoms with van der Waals surface area (Å²) >= 11 is 0. The fourth-order valence-corrected chi connectivity index (χ4v) is 1.72. The number of aromatic carboxylic acids is 1. The molecule has 0 radical (unpaired) electrons. The van der Waals surface area contributed by atoms with Gasteiger partial charge in [-0.15, -0.1) is 0 Å². The zero-order valence-corrected chi connectivity index (χ0v) is 8.87. The molecule has 0 saturated heterocycles. The Morgan fingerprint density at radius 2 is 2.06 bits per heavy atom. The Morgan fingerprint density at radius 1 is 1.38 bits per heavy atom. The summed E-state index contributed by atoms with van der Waals surface area (Å²) in [5.74, 6) is -0.911. The Hall–Kier alpha value is -2.10. The quantitative estimate of drug-likeness (QED) is 0.855. The third kappa shape index (κ3) is 1.82. The minimum absolute atomic E-state index is 0.0101. The van der Waals surface area contributed by atoms with Gasteiger partial charge < -0.3 is 9.67 Å². The lowest BCUT2D eigenvalue weighted by Crippen LogP contribution is -2.12. The summed E-state index contributed by atoms with van der Waals surface area (Å²) < 4.78 is 1.73. The molecule has 4 heteroatoms. The van der Waals surface area contributed by atoms with Crippen LogP contribution in [-0.4, -0.2) is 20.6 Å². The Balaban J connectivity index is 2.38. The van der Waals surface area contributed by atoms with Crippen LogP contribution in [0.15, 0.2) is 42.9 Å². The van der Waals surface area contributed by atoms with Gasteiger partial charge in [0.1, 0.15) is 5.69 Å². The van der Waals surface area contributed by atoms with Crippen LogP contribution in [0.4, 0.5) is 0 Å². The van der Waals surface area contributed by atoms with E-state index in [9.17, 15) is 4.79 Å². The molecule has 16 heavy (non-hydrogen) atoms. The normalized spacial score (nSPS) is 12.3. The first kappa shape index (κ1) is 10.4. The summed E-state index contributed by atoms with van der Waals surface area (Å²) in [6, 6.07) is 7.09. The molecule has 2 rings (SSSR count). The Kier molecular flexibility index (Phi) is 2.72. The zero-order valence-electron chi connectivity index (χ0n) is 8.87. The van der Waals surface area contributed by atoms with Gasteiger partial charge >= 0.3 is 5.97 Å². The molecular formula is C12H12N2O2. The molecule has 2 heterocycles. The average Bonchev–Trinajstić information content (AvgIpc) is 2.78. The van der Waals surface area contributed by atoms with E-state index in [1.54, 1.807) is 35.3 Å². The molecule has 2 aromatic heterocycles. The maximum absolute atomic E-state index is 11.0. The van der Waals surface area contributed by atoms with E-state index >= 15 is 0 Å². The van der Waals surface area contributed by atoms with Crippen LogP contribution in [-0.2, 0) is 0 Å². The standard InChI is InChI=1S/C12H12N2O2/c1-9(10-4-6-13-7-5-10)14-8-2-3-11(14)12(15)16/h2-9H,1H3,(H,15,16). The van der Waals surface area contributed by atoms with Crippen LogP contribution in [0.25, 0.3) is 0 Å². The first-order valence-electron chi connectivity index (χ1n) is 5.00. The van der Waals surface area contributed by atoms with E-state index in [1.807, 2.05) is 19.1 Å². The molecule has 0 bridgehead atoms. The number of carboxylic acid groups (broad SMARTS) is 1. The maximum Gasteiger partial charge on any atom is 0.352 e. The second kappa shape index (κ2) is 4.18. The number of hydrogen-bond acceptors (Lipinski definition) is 2. The van der Waals surface area contributed by atoms with Gasteiger partial charge in [-0.2, -0.15) is 0 Å². The molecule has 0 aliphatic rings. The van der Waals surface area contributed by atoms with Crippen molar-refractivity contribution in [3.05, 3.63) is 54.1 Å². The minimum atomic E-state index is -0.911. The fraction of sp³-hybridized carbons (Fsp3) is 0.167. The molecule has 0 fully saturated rings. The lowest BCUT2D eigenvalue weighted by molar-refractivity contribution is 0.0684. The van der Waals surface area contributed by atoms with E-state index in [0.29, 0.717) is 5.69 Å². The lowest BCUT2D eigenvalue weighted by atomic mass is 10.1. The molecule has 4 nitrogen and oxygen atoms in total. The maximum atomic E-state index is 11.0.